The summed E-state index contributed by atoms with van der Waals surface area (Å²) in [6.07, 6.45) is 9.86. The number of alkyl carbamates (subject to hydrolysis) is 1. The molecule has 0 bridgehead atoms. The van der Waals surface area contributed by atoms with Crippen LogP contribution in [0.3, 0.4) is 0 Å². The molecule has 0 aromatic carbocycles. The molecule has 0 heterocycles. The highest BCUT2D eigenvalue weighted by molar-refractivity contribution is 6.01. The lowest BCUT2D eigenvalue weighted by molar-refractivity contribution is -0.165. The largest absolute Gasteiger partial charge is 0.434 e. The van der Waals surface area contributed by atoms with Gasteiger partial charge < -0.3 is 10.1 Å². The summed E-state index contributed by atoms with van der Waals surface area (Å²) in [5, 5.41) is 3.08. The molecule has 4 rings (SSSR count). The molecule has 0 aromatic rings. The summed E-state index contributed by atoms with van der Waals surface area (Å²) in [5.74, 6) is 1.18. The molecule has 7 atom stereocenters. The van der Waals surface area contributed by atoms with E-state index in [0.717, 1.165) is 32.1 Å². The van der Waals surface area contributed by atoms with Gasteiger partial charge in [0.15, 0.2) is 17.2 Å². The Labute approximate surface area is 211 Å². The van der Waals surface area contributed by atoms with Crippen LogP contribution in [0.15, 0.2) is 23.8 Å². The number of Topliss-reactive ketones (excluding diaryl/α,β-unsaturated/α-hetero) is 1. The SMILES string of the molecule is CC(=O)[C@@]1(OC(=O)NC(C)(C)C(C)(C)C)C(C)C[C@H]2[C@@H]3CCC4=CC(=O)C=C[C@]4(C)[C@H]3CC[C@@]21C. The van der Waals surface area contributed by atoms with Crippen LogP contribution in [-0.4, -0.2) is 28.8 Å². The van der Waals surface area contributed by atoms with Crippen molar-refractivity contribution in [3.05, 3.63) is 23.8 Å². The average Bonchev–Trinajstić information content (AvgIpc) is 2.95. The van der Waals surface area contributed by atoms with Crippen molar-refractivity contribution in [2.45, 2.75) is 106 Å². The van der Waals surface area contributed by atoms with Crippen LogP contribution in [0.2, 0.25) is 0 Å². The van der Waals surface area contributed by atoms with Crippen LogP contribution in [0.1, 0.15) is 94.4 Å². The second kappa shape index (κ2) is 8.05. The minimum Gasteiger partial charge on any atom is -0.434 e. The second-order valence-electron chi connectivity index (χ2n) is 13.9. The Hall–Kier alpha value is -1.91. The van der Waals surface area contributed by atoms with E-state index in [4.69, 9.17) is 4.74 Å². The molecule has 1 unspecified atom stereocenters. The summed E-state index contributed by atoms with van der Waals surface area (Å²) in [7, 11) is 0. The maximum Gasteiger partial charge on any atom is 0.408 e. The van der Waals surface area contributed by atoms with E-state index in [1.54, 1.807) is 13.0 Å². The first-order valence-corrected chi connectivity index (χ1v) is 13.5. The first-order valence-electron chi connectivity index (χ1n) is 13.5. The fraction of sp³-hybridized carbons (Fsp3) is 0.767. The number of nitrogens with one attached hydrogen (secondary N) is 1. The molecule has 0 aliphatic heterocycles. The van der Waals surface area contributed by atoms with E-state index < -0.39 is 22.6 Å². The molecule has 0 aromatic heterocycles. The van der Waals surface area contributed by atoms with Crippen LogP contribution in [0, 0.1) is 39.9 Å². The zero-order chi connectivity index (χ0) is 26.2. The Kier molecular flexibility index (Phi) is 6.01. The van der Waals surface area contributed by atoms with E-state index in [-0.39, 0.29) is 28.3 Å². The molecular weight excluding hydrogens is 438 g/mol. The number of ether oxygens (including phenoxy) is 1. The van der Waals surface area contributed by atoms with Gasteiger partial charge in [0.05, 0.1) is 0 Å². The van der Waals surface area contributed by atoms with Gasteiger partial charge >= 0.3 is 6.09 Å². The fourth-order valence-electron chi connectivity index (χ4n) is 8.18. The highest BCUT2D eigenvalue weighted by atomic mass is 16.6. The number of rotatable bonds is 3. The van der Waals surface area contributed by atoms with Gasteiger partial charge in [-0.05, 0) is 88.2 Å². The van der Waals surface area contributed by atoms with Gasteiger partial charge in [0.1, 0.15) is 0 Å². The van der Waals surface area contributed by atoms with Gasteiger partial charge in [0.25, 0.3) is 0 Å². The number of carbonyl (C=O) groups is 3. The van der Waals surface area contributed by atoms with Crippen LogP contribution in [0.4, 0.5) is 4.79 Å². The molecule has 0 spiro atoms. The minimum atomic E-state index is -1.13. The molecule has 4 aliphatic rings. The molecule has 194 valence electrons. The number of hydrogen-bond acceptors (Lipinski definition) is 4. The van der Waals surface area contributed by atoms with Crippen molar-refractivity contribution in [1.82, 2.24) is 5.32 Å². The number of allylic oxidation sites excluding steroid dienone is 4. The summed E-state index contributed by atoms with van der Waals surface area (Å²) in [6, 6.07) is 0. The number of ketones is 2. The van der Waals surface area contributed by atoms with Crippen molar-refractivity contribution in [3.8, 4) is 0 Å². The molecule has 0 radical (unpaired) electrons. The van der Waals surface area contributed by atoms with Gasteiger partial charge in [-0.1, -0.05) is 53.2 Å². The predicted octanol–water partition coefficient (Wildman–Crippen LogP) is 6.42. The average molecular weight is 484 g/mol. The summed E-state index contributed by atoms with van der Waals surface area (Å²) >= 11 is 0. The molecule has 3 fully saturated rings. The number of amides is 1. The summed E-state index contributed by atoms with van der Waals surface area (Å²) in [6.45, 7) is 18.5. The van der Waals surface area contributed by atoms with E-state index in [0.29, 0.717) is 17.8 Å². The van der Waals surface area contributed by atoms with E-state index >= 15 is 0 Å². The molecular formula is C30H45NO4. The molecule has 3 saturated carbocycles. The van der Waals surface area contributed by atoms with Crippen molar-refractivity contribution in [1.29, 1.82) is 0 Å². The Morgan fingerprint density at radius 3 is 2.34 bits per heavy atom. The highest BCUT2D eigenvalue weighted by Gasteiger charge is 2.70. The zero-order valence-corrected chi connectivity index (χ0v) is 23.2. The van der Waals surface area contributed by atoms with Gasteiger partial charge in [0.2, 0.25) is 0 Å². The topological polar surface area (TPSA) is 72.5 Å². The molecule has 5 nitrogen and oxygen atoms in total. The fourth-order valence-corrected chi connectivity index (χ4v) is 8.18. The van der Waals surface area contributed by atoms with Crippen molar-refractivity contribution in [2.75, 3.05) is 0 Å². The number of fused-ring (bicyclic) bond motifs is 5. The van der Waals surface area contributed by atoms with Crippen LogP contribution in [0.5, 0.6) is 0 Å². The van der Waals surface area contributed by atoms with Crippen LogP contribution < -0.4 is 5.32 Å². The first kappa shape index (κ1) is 26.2. The third-order valence-corrected chi connectivity index (χ3v) is 11.2. The van der Waals surface area contributed by atoms with Crippen molar-refractivity contribution < 1.29 is 19.1 Å². The van der Waals surface area contributed by atoms with E-state index in [1.165, 1.54) is 5.57 Å². The number of carbonyl (C=O) groups excluding carboxylic acids is 3. The van der Waals surface area contributed by atoms with Gasteiger partial charge in [-0.3, -0.25) is 9.59 Å². The van der Waals surface area contributed by atoms with Gasteiger partial charge in [-0.2, -0.15) is 0 Å². The van der Waals surface area contributed by atoms with E-state index in [1.807, 2.05) is 19.9 Å². The number of hydrogen-bond donors (Lipinski definition) is 1. The maximum absolute atomic E-state index is 13.5. The molecule has 1 amide bonds. The summed E-state index contributed by atoms with van der Waals surface area (Å²) in [5.41, 5.74) is -1.03. The molecule has 35 heavy (non-hydrogen) atoms. The van der Waals surface area contributed by atoms with Gasteiger partial charge in [-0.25, -0.2) is 4.79 Å². The Balaban J connectivity index is 1.67. The van der Waals surface area contributed by atoms with Crippen molar-refractivity contribution >= 4 is 17.7 Å². The molecule has 4 aliphatic carbocycles. The Morgan fingerprint density at radius 1 is 1.09 bits per heavy atom. The quantitative estimate of drug-likeness (QED) is 0.503. The third kappa shape index (κ3) is 3.66. The van der Waals surface area contributed by atoms with Gasteiger partial charge in [0, 0.05) is 22.3 Å². The van der Waals surface area contributed by atoms with Crippen LogP contribution in [-0.2, 0) is 14.3 Å². The maximum atomic E-state index is 13.5. The standard InChI is InChI=1S/C30H45NO4/c1-18-16-24-22-11-10-20-17-21(33)12-14-28(20,8)23(22)13-15-29(24,9)30(18,19(2)32)35-25(34)31-27(6,7)26(3,4)5/h12,14,17-18,22-24H,10-11,13,15-16H2,1-9H3,(H,31,34)/t18?,22-,23+,24+,28+,29+,30+/m1/s1. The predicted molar refractivity (Wildman–Crippen MR) is 138 cm³/mol. The summed E-state index contributed by atoms with van der Waals surface area (Å²) in [4.78, 5) is 38.9. The monoisotopic (exact) mass is 483 g/mol. The van der Waals surface area contributed by atoms with Crippen molar-refractivity contribution in [2.24, 2.45) is 39.9 Å². The highest BCUT2D eigenvalue weighted by Crippen LogP contribution is 2.69. The normalized spacial score (nSPS) is 40.8. The van der Waals surface area contributed by atoms with Crippen LogP contribution in [0.25, 0.3) is 0 Å². The first-order chi connectivity index (χ1) is 16.0. The summed E-state index contributed by atoms with van der Waals surface area (Å²) < 4.78 is 6.33. The Bertz CT molecular complexity index is 1000. The molecule has 0 saturated heterocycles. The lowest BCUT2D eigenvalue weighted by atomic mass is 9.47. The zero-order valence-electron chi connectivity index (χ0n) is 23.2. The smallest absolute Gasteiger partial charge is 0.408 e. The van der Waals surface area contributed by atoms with E-state index in [2.05, 4.69) is 52.9 Å². The minimum absolute atomic E-state index is 0.0390. The van der Waals surface area contributed by atoms with E-state index in [9.17, 15) is 14.4 Å². The van der Waals surface area contributed by atoms with Gasteiger partial charge in [-0.15, -0.1) is 0 Å². The lowest BCUT2D eigenvalue weighted by Crippen LogP contribution is -2.62. The molecule has 5 heteroatoms. The lowest BCUT2D eigenvalue weighted by Gasteiger charge is -2.58. The van der Waals surface area contributed by atoms with Crippen LogP contribution >= 0.6 is 0 Å². The molecule has 1 N–H and O–H groups in total. The van der Waals surface area contributed by atoms with Crippen molar-refractivity contribution in [3.63, 3.8) is 0 Å². The third-order valence-electron chi connectivity index (χ3n) is 11.2. The Morgan fingerprint density at radius 2 is 1.74 bits per heavy atom. The second-order valence-corrected chi connectivity index (χ2v) is 13.9.